The number of hydrogen-bond donors (Lipinski definition) is 0. The molecule has 2 aromatic heterocycles. The summed E-state index contributed by atoms with van der Waals surface area (Å²) in [5.74, 6) is 1.84. The summed E-state index contributed by atoms with van der Waals surface area (Å²) in [5, 5.41) is 10.7. The Morgan fingerprint density at radius 2 is 1.08 bits per heavy atom. The molecule has 5 heteroatoms. The zero-order chi connectivity index (χ0) is 34.5. The van der Waals surface area contributed by atoms with E-state index in [0.29, 0.717) is 23.0 Å². The highest BCUT2D eigenvalue weighted by atomic mass is 15.0. The second-order valence-electron chi connectivity index (χ2n) is 13.5. The highest BCUT2D eigenvalue weighted by Crippen LogP contribution is 2.50. The predicted octanol–water partition coefficient (Wildman–Crippen LogP) is 10.9. The smallest absolute Gasteiger partial charge is 0.164 e. The van der Waals surface area contributed by atoms with Crippen LogP contribution in [0.2, 0.25) is 0 Å². The van der Waals surface area contributed by atoms with Crippen LogP contribution in [0.1, 0.15) is 30.5 Å². The lowest BCUT2D eigenvalue weighted by Gasteiger charge is -2.22. The summed E-state index contributed by atoms with van der Waals surface area (Å²) in [6.07, 6.45) is 1.83. The van der Waals surface area contributed by atoms with Gasteiger partial charge in [-0.1, -0.05) is 111 Å². The monoisotopic (exact) mass is 653 g/mol. The molecule has 1 aliphatic rings. The molecule has 51 heavy (non-hydrogen) atoms. The first-order valence-corrected chi connectivity index (χ1v) is 17.0. The first-order valence-electron chi connectivity index (χ1n) is 17.0. The van der Waals surface area contributed by atoms with Crippen LogP contribution in [-0.4, -0.2) is 19.9 Å². The minimum atomic E-state index is -0.265. The topological polar surface area (TPSA) is 75.3 Å². The first kappa shape index (κ1) is 30.3. The second-order valence-corrected chi connectivity index (χ2v) is 13.5. The average molecular weight is 654 g/mol. The van der Waals surface area contributed by atoms with Crippen molar-refractivity contribution in [3.63, 3.8) is 0 Å². The summed E-state index contributed by atoms with van der Waals surface area (Å²) in [5.41, 5.74) is 13.2. The van der Waals surface area contributed by atoms with E-state index in [1.807, 2.05) is 91.1 Å². The summed E-state index contributed by atoms with van der Waals surface area (Å²) in [7, 11) is 0. The van der Waals surface area contributed by atoms with Crippen LogP contribution in [0.4, 0.5) is 0 Å². The number of hydrogen-bond acceptors (Lipinski definition) is 5. The maximum Gasteiger partial charge on any atom is 0.164 e. The molecule has 9 rings (SSSR count). The van der Waals surface area contributed by atoms with E-state index in [9.17, 15) is 5.26 Å². The first-order chi connectivity index (χ1) is 25.0. The van der Waals surface area contributed by atoms with Crippen molar-refractivity contribution < 1.29 is 0 Å². The van der Waals surface area contributed by atoms with Gasteiger partial charge in [-0.05, 0) is 93.0 Å². The molecule has 240 valence electrons. The highest BCUT2D eigenvalue weighted by Gasteiger charge is 2.36. The van der Waals surface area contributed by atoms with Gasteiger partial charge in [0.1, 0.15) is 0 Å². The van der Waals surface area contributed by atoms with E-state index in [1.165, 1.54) is 22.3 Å². The quantitative estimate of drug-likeness (QED) is 0.185. The molecule has 0 unspecified atom stereocenters. The van der Waals surface area contributed by atoms with Crippen molar-refractivity contribution >= 4 is 10.9 Å². The fraction of sp³-hybridized carbons (Fsp3) is 0.0652. The van der Waals surface area contributed by atoms with Gasteiger partial charge in [0, 0.05) is 33.7 Å². The van der Waals surface area contributed by atoms with Crippen LogP contribution in [-0.2, 0) is 5.41 Å². The Kier molecular flexibility index (Phi) is 7.12. The Balaban J connectivity index is 1.27. The third kappa shape index (κ3) is 5.26. The second kappa shape index (κ2) is 12.0. The molecule has 0 N–H and O–H groups in total. The molecule has 0 aliphatic heterocycles. The van der Waals surface area contributed by atoms with Crippen LogP contribution in [0.5, 0.6) is 0 Å². The van der Waals surface area contributed by atoms with Crippen molar-refractivity contribution in [2.24, 2.45) is 0 Å². The third-order valence-corrected chi connectivity index (χ3v) is 9.99. The number of rotatable bonds is 5. The minimum Gasteiger partial charge on any atom is -0.256 e. The Labute approximate surface area is 296 Å². The predicted molar refractivity (Wildman–Crippen MR) is 205 cm³/mol. The van der Waals surface area contributed by atoms with Crippen molar-refractivity contribution in [3.05, 3.63) is 168 Å². The van der Waals surface area contributed by atoms with E-state index >= 15 is 0 Å². The van der Waals surface area contributed by atoms with Crippen LogP contribution in [0, 0.1) is 11.3 Å². The molecule has 1 aliphatic carbocycles. The normalized spacial score (nSPS) is 12.6. The van der Waals surface area contributed by atoms with Crippen LogP contribution >= 0.6 is 0 Å². The number of nitrogens with zero attached hydrogens (tertiary/aromatic N) is 5. The molecule has 0 saturated heterocycles. The van der Waals surface area contributed by atoms with Gasteiger partial charge in [0.25, 0.3) is 0 Å². The molecular formula is C46H31N5. The lowest BCUT2D eigenvalue weighted by molar-refractivity contribution is 0.660. The number of pyridine rings is 1. The van der Waals surface area contributed by atoms with Crippen LogP contribution < -0.4 is 0 Å². The summed E-state index contributed by atoms with van der Waals surface area (Å²) >= 11 is 0. The van der Waals surface area contributed by atoms with E-state index in [4.69, 9.17) is 15.0 Å². The Morgan fingerprint density at radius 3 is 1.76 bits per heavy atom. The standard InChI is InChI=1S/C46H31N5/c1-46(2)40-23-29(28-47)18-20-37(40)38-21-19-32(27-41(38)46)33-24-34(36-15-9-17-42-39(36)16-10-22-48-42)26-35(25-33)45-50-43(30-11-5-3-6-12-30)49-44(51-45)31-13-7-4-8-14-31/h3-27H,1-2H3. The average Bonchev–Trinajstić information content (AvgIpc) is 3.42. The lowest BCUT2D eigenvalue weighted by Crippen LogP contribution is -2.15. The van der Waals surface area contributed by atoms with Crippen molar-refractivity contribution in [1.82, 2.24) is 19.9 Å². The van der Waals surface area contributed by atoms with Gasteiger partial charge < -0.3 is 0 Å². The summed E-state index contributed by atoms with van der Waals surface area (Å²) in [6, 6.07) is 52.2. The Morgan fingerprint density at radius 1 is 0.471 bits per heavy atom. The van der Waals surface area contributed by atoms with Crippen molar-refractivity contribution in [3.8, 4) is 73.6 Å². The maximum absolute atomic E-state index is 9.65. The summed E-state index contributed by atoms with van der Waals surface area (Å²) < 4.78 is 0. The van der Waals surface area contributed by atoms with E-state index < -0.39 is 0 Å². The molecule has 2 heterocycles. The zero-order valence-corrected chi connectivity index (χ0v) is 28.2. The van der Waals surface area contributed by atoms with E-state index in [-0.39, 0.29) is 5.41 Å². The summed E-state index contributed by atoms with van der Waals surface area (Å²) in [4.78, 5) is 19.8. The van der Waals surface area contributed by atoms with Gasteiger partial charge in [-0.25, -0.2) is 15.0 Å². The molecule has 0 amide bonds. The number of nitriles is 1. The molecule has 5 nitrogen and oxygen atoms in total. The molecular weight excluding hydrogens is 623 g/mol. The van der Waals surface area contributed by atoms with Crippen molar-refractivity contribution in [2.75, 3.05) is 0 Å². The maximum atomic E-state index is 9.65. The molecule has 0 fully saturated rings. The van der Waals surface area contributed by atoms with E-state index in [2.05, 4.69) is 85.6 Å². The van der Waals surface area contributed by atoms with Gasteiger partial charge in [0.05, 0.1) is 17.1 Å². The number of fused-ring (bicyclic) bond motifs is 4. The van der Waals surface area contributed by atoms with Crippen LogP contribution in [0.15, 0.2) is 152 Å². The van der Waals surface area contributed by atoms with Crippen LogP contribution in [0.3, 0.4) is 0 Å². The molecule has 0 radical (unpaired) electrons. The molecule has 0 saturated carbocycles. The number of benzene rings is 6. The minimum absolute atomic E-state index is 0.265. The Bertz CT molecular complexity index is 2610. The molecule has 0 atom stereocenters. The fourth-order valence-corrected chi connectivity index (χ4v) is 7.36. The third-order valence-electron chi connectivity index (χ3n) is 9.99. The van der Waals surface area contributed by atoms with Crippen LogP contribution in [0.25, 0.3) is 78.4 Å². The SMILES string of the molecule is CC1(C)c2cc(C#N)ccc2-c2ccc(-c3cc(-c4nc(-c5ccccc5)nc(-c5ccccc5)n4)cc(-c4cccc5ncccc45)c3)cc21. The van der Waals surface area contributed by atoms with Gasteiger partial charge in [0.15, 0.2) is 17.5 Å². The van der Waals surface area contributed by atoms with E-state index in [0.717, 1.165) is 49.8 Å². The van der Waals surface area contributed by atoms with Crippen molar-refractivity contribution in [1.29, 1.82) is 5.26 Å². The summed E-state index contributed by atoms with van der Waals surface area (Å²) in [6.45, 7) is 4.49. The molecule has 6 aromatic carbocycles. The molecule has 0 bridgehead atoms. The van der Waals surface area contributed by atoms with Gasteiger partial charge >= 0.3 is 0 Å². The van der Waals surface area contributed by atoms with Crippen molar-refractivity contribution in [2.45, 2.75) is 19.3 Å². The highest BCUT2D eigenvalue weighted by molar-refractivity contribution is 5.96. The van der Waals surface area contributed by atoms with Gasteiger partial charge in [-0.3, -0.25) is 4.98 Å². The molecule has 0 spiro atoms. The van der Waals surface area contributed by atoms with Gasteiger partial charge in [-0.15, -0.1) is 0 Å². The van der Waals surface area contributed by atoms with Gasteiger partial charge in [-0.2, -0.15) is 5.26 Å². The largest absolute Gasteiger partial charge is 0.256 e. The lowest BCUT2D eigenvalue weighted by atomic mass is 9.81. The zero-order valence-electron chi connectivity index (χ0n) is 28.2. The van der Waals surface area contributed by atoms with E-state index in [1.54, 1.807) is 0 Å². The molecule has 8 aromatic rings. The van der Waals surface area contributed by atoms with Gasteiger partial charge in [0.2, 0.25) is 0 Å². The number of aromatic nitrogens is 4. The fourth-order valence-electron chi connectivity index (χ4n) is 7.36. The Hall–Kier alpha value is -6.77.